The van der Waals surface area contributed by atoms with E-state index in [0.717, 1.165) is 60.1 Å². The summed E-state index contributed by atoms with van der Waals surface area (Å²) in [4.78, 5) is 14.8. The van der Waals surface area contributed by atoms with Gasteiger partial charge in [-0.25, -0.2) is 0 Å². The number of aliphatic hydroxyl groups is 1. The van der Waals surface area contributed by atoms with Crippen molar-refractivity contribution in [1.82, 2.24) is 0 Å². The van der Waals surface area contributed by atoms with E-state index in [9.17, 15) is 9.90 Å². The first-order valence-corrected chi connectivity index (χ1v) is 17.3. The van der Waals surface area contributed by atoms with E-state index in [-0.39, 0.29) is 17.6 Å². The highest BCUT2D eigenvalue weighted by Crippen LogP contribution is 2.64. The number of carbonyl (C=O) groups is 1. The lowest BCUT2D eigenvalue weighted by atomic mass is 9.55. The zero-order chi connectivity index (χ0) is 31.6. The second-order valence-electron chi connectivity index (χ2n) is 16.1. The van der Waals surface area contributed by atoms with Gasteiger partial charge in [0.1, 0.15) is 0 Å². The first-order chi connectivity index (χ1) is 20.7. The standard InChI is InChI=1S/C40H52O4/c1-19(2)15-26-17-23(7)28-13-11-21(5)30-33(28)32(26)25(9)36-37(30)43-39(10)35-27(16-20(3)4)18-24(8)29-14-12-22(6)31(34(29)35)38(41)40(39,42)44-36/h15-16,21-24,26,28-29,42H,11-14,17-18H2,1-10H3/t21-,22?,23-,24?,26+,28+,29?,39?,40?/m0/s1. The van der Waals surface area contributed by atoms with E-state index in [0.29, 0.717) is 35.3 Å². The predicted octanol–water partition coefficient (Wildman–Crippen LogP) is 9.51. The van der Waals surface area contributed by atoms with Crippen molar-refractivity contribution in [2.45, 2.75) is 137 Å². The first-order valence-electron chi connectivity index (χ1n) is 17.3. The Labute approximate surface area is 264 Å². The lowest BCUT2D eigenvalue weighted by Gasteiger charge is -2.57. The van der Waals surface area contributed by atoms with Crippen LogP contribution in [0.1, 0.15) is 141 Å². The minimum atomic E-state index is -2.14. The first kappa shape index (κ1) is 30.1. The molecule has 0 bridgehead atoms. The Hall–Kier alpha value is -2.59. The molecule has 236 valence electrons. The molecule has 0 fully saturated rings. The van der Waals surface area contributed by atoms with Crippen LogP contribution >= 0.6 is 0 Å². The van der Waals surface area contributed by atoms with E-state index in [1.165, 1.54) is 39.8 Å². The fourth-order valence-corrected chi connectivity index (χ4v) is 10.4. The van der Waals surface area contributed by atoms with Crippen molar-refractivity contribution in [2.75, 3.05) is 0 Å². The number of Topliss-reactive ketones (excluding diaryl/α,β-unsaturated/α-hetero) is 1. The van der Waals surface area contributed by atoms with E-state index in [1.54, 1.807) is 0 Å². The Morgan fingerprint density at radius 2 is 1.50 bits per heavy atom. The van der Waals surface area contributed by atoms with Crippen molar-refractivity contribution in [1.29, 1.82) is 0 Å². The van der Waals surface area contributed by atoms with E-state index in [2.05, 4.69) is 74.5 Å². The molecule has 0 radical (unpaired) electrons. The molecule has 1 aromatic carbocycles. The summed E-state index contributed by atoms with van der Waals surface area (Å²) < 4.78 is 14.3. The third-order valence-corrected chi connectivity index (χ3v) is 12.3. The summed E-state index contributed by atoms with van der Waals surface area (Å²) in [5.74, 6) is 1.35. The number of ketones is 1. The van der Waals surface area contributed by atoms with Gasteiger partial charge in [0.15, 0.2) is 11.5 Å². The van der Waals surface area contributed by atoms with Crippen molar-refractivity contribution < 1.29 is 19.4 Å². The Balaban J connectivity index is 1.55. The molecule has 1 heterocycles. The predicted molar refractivity (Wildman–Crippen MR) is 176 cm³/mol. The molecule has 0 saturated heterocycles. The molecule has 0 spiro atoms. The van der Waals surface area contributed by atoms with Gasteiger partial charge in [0.25, 0.3) is 0 Å². The minimum absolute atomic E-state index is 0.0654. The molecule has 6 aliphatic rings. The molecule has 0 amide bonds. The average Bonchev–Trinajstić information content (AvgIpc) is 2.92. The number of hydrogen-bond donors (Lipinski definition) is 1. The fourth-order valence-electron chi connectivity index (χ4n) is 10.4. The van der Waals surface area contributed by atoms with Crippen LogP contribution in [0.3, 0.4) is 0 Å². The zero-order valence-electron chi connectivity index (χ0n) is 28.6. The van der Waals surface area contributed by atoms with Gasteiger partial charge in [-0.15, -0.1) is 0 Å². The van der Waals surface area contributed by atoms with Crippen LogP contribution in [0.25, 0.3) is 0 Å². The summed E-state index contributed by atoms with van der Waals surface area (Å²) in [6, 6.07) is 0. The highest BCUT2D eigenvalue weighted by atomic mass is 16.7. The smallest absolute Gasteiger partial charge is 0.317 e. The van der Waals surface area contributed by atoms with Gasteiger partial charge in [-0.3, -0.25) is 4.79 Å². The maximum Gasteiger partial charge on any atom is 0.317 e. The highest BCUT2D eigenvalue weighted by Gasteiger charge is 2.69. The summed E-state index contributed by atoms with van der Waals surface area (Å²) in [6.07, 6.45) is 11.0. The molecule has 7 rings (SSSR count). The summed E-state index contributed by atoms with van der Waals surface area (Å²) in [7, 11) is 0. The number of fused-ring (bicyclic) bond motifs is 4. The normalized spacial score (nSPS) is 38.4. The number of allylic oxidation sites excluding steroid dienone is 5. The molecule has 5 unspecified atom stereocenters. The zero-order valence-corrected chi connectivity index (χ0v) is 28.6. The van der Waals surface area contributed by atoms with Crippen molar-refractivity contribution in [3.8, 4) is 11.5 Å². The number of hydrogen-bond acceptors (Lipinski definition) is 4. The monoisotopic (exact) mass is 596 g/mol. The molecular weight excluding hydrogens is 544 g/mol. The Morgan fingerprint density at radius 3 is 2.18 bits per heavy atom. The van der Waals surface area contributed by atoms with Gasteiger partial charge in [-0.1, -0.05) is 51.0 Å². The molecule has 0 aromatic heterocycles. The van der Waals surface area contributed by atoms with Crippen LogP contribution < -0.4 is 9.47 Å². The Kier molecular flexibility index (Phi) is 6.81. The second kappa shape index (κ2) is 9.95. The summed E-state index contributed by atoms with van der Waals surface area (Å²) in [5.41, 5.74) is 10.4. The van der Waals surface area contributed by atoms with Crippen LogP contribution in [0.5, 0.6) is 11.5 Å². The van der Waals surface area contributed by atoms with Gasteiger partial charge < -0.3 is 14.6 Å². The van der Waals surface area contributed by atoms with Gasteiger partial charge in [0, 0.05) is 22.6 Å². The maximum atomic E-state index is 14.8. The Morgan fingerprint density at radius 1 is 0.818 bits per heavy atom. The third-order valence-electron chi connectivity index (χ3n) is 12.3. The third kappa shape index (κ3) is 3.88. The van der Waals surface area contributed by atoms with E-state index in [4.69, 9.17) is 9.47 Å². The number of rotatable bonds is 2. The summed E-state index contributed by atoms with van der Waals surface area (Å²) in [6.45, 7) is 21.9. The van der Waals surface area contributed by atoms with Crippen molar-refractivity contribution in [3.05, 3.63) is 67.8 Å². The van der Waals surface area contributed by atoms with E-state index < -0.39 is 11.4 Å². The number of ether oxygens (including phenoxy) is 2. The molecule has 1 N–H and O–H groups in total. The number of carbonyl (C=O) groups excluding carboxylic acids is 1. The van der Waals surface area contributed by atoms with E-state index in [1.807, 2.05) is 6.92 Å². The van der Waals surface area contributed by atoms with Crippen LogP contribution in [0.4, 0.5) is 0 Å². The molecule has 5 aliphatic carbocycles. The van der Waals surface area contributed by atoms with Crippen molar-refractivity contribution in [2.24, 2.45) is 23.7 Å². The molecule has 4 heteroatoms. The van der Waals surface area contributed by atoms with Crippen LogP contribution in [0.15, 0.2) is 45.6 Å². The van der Waals surface area contributed by atoms with Gasteiger partial charge in [-0.2, -0.15) is 0 Å². The molecular formula is C40H52O4. The van der Waals surface area contributed by atoms with Crippen LogP contribution in [-0.4, -0.2) is 22.3 Å². The van der Waals surface area contributed by atoms with Crippen LogP contribution in [0.2, 0.25) is 0 Å². The van der Waals surface area contributed by atoms with Crippen molar-refractivity contribution >= 4 is 5.78 Å². The van der Waals surface area contributed by atoms with Gasteiger partial charge in [-0.05, 0) is 143 Å². The minimum Gasteiger partial charge on any atom is -0.471 e. The second-order valence-corrected chi connectivity index (χ2v) is 16.1. The highest BCUT2D eigenvalue weighted by molar-refractivity contribution is 6.07. The molecule has 1 aliphatic heterocycles. The lowest BCUT2D eigenvalue weighted by Crippen LogP contribution is -2.71. The quantitative estimate of drug-likeness (QED) is 0.346. The molecule has 1 aromatic rings. The van der Waals surface area contributed by atoms with Gasteiger partial charge in [0.05, 0.1) is 0 Å². The SMILES string of the molecule is CC(C)=CC1=C2C3=C(C(=O)C4(O)Oc5c(C)c6c7c(c5OC24C)[C@@H](C)CC[C@@H]7[C@@H](C)C[C@H]6C=C(C)C)C(C)CCC3C(C)C1. The largest absolute Gasteiger partial charge is 0.471 e. The summed E-state index contributed by atoms with van der Waals surface area (Å²) >= 11 is 0. The van der Waals surface area contributed by atoms with Crippen LogP contribution in [-0.2, 0) is 4.79 Å². The summed E-state index contributed by atoms with van der Waals surface area (Å²) in [5, 5.41) is 12.8. The van der Waals surface area contributed by atoms with E-state index >= 15 is 0 Å². The maximum absolute atomic E-state index is 14.8. The average molecular weight is 597 g/mol. The lowest BCUT2D eigenvalue weighted by molar-refractivity contribution is -0.233. The number of benzene rings is 1. The van der Waals surface area contributed by atoms with Crippen molar-refractivity contribution in [3.63, 3.8) is 0 Å². The topological polar surface area (TPSA) is 55.8 Å². The molecule has 0 saturated carbocycles. The fraction of sp³-hybridized carbons (Fsp3) is 0.625. The van der Waals surface area contributed by atoms with Gasteiger partial charge in [0.2, 0.25) is 11.4 Å². The molecule has 4 nitrogen and oxygen atoms in total. The molecule has 9 atom stereocenters. The molecule has 44 heavy (non-hydrogen) atoms. The Bertz CT molecular complexity index is 1590. The van der Waals surface area contributed by atoms with Gasteiger partial charge >= 0.3 is 5.79 Å². The van der Waals surface area contributed by atoms with Crippen LogP contribution in [0, 0.1) is 30.6 Å².